The molecule has 0 aliphatic carbocycles. The van der Waals surface area contributed by atoms with Gasteiger partial charge < -0.3 is 14.6 Å². The normalized spacial score (nSPS) is 20.2. The lowest BCUT2D eigenvalue weighted by Crippen LogP contribution is -2.38. The van der Waals surface area contributed by atoms with Gasteiger partial charge in [-0.3, -0.25) is 4.90 Å². The predicted octanol–water partition coefficient (Wildman–Crippen LogP) is 5.44. The summed E-state index contributed by atoms with van der Waals surface area (Å²) < 4.78 is 6.84. The molecular formula is C26H31N5OS. The van der Waals surface area contributed by atoms with Gasteiger partial charge in [0, 0.05) is 53.2 Å². The molecule has 172 valence electrons. The number of benzene rings is 1. The fourth-order valence-electron chi connectivity index (χ4n) is 5.36. The molecule has 0 saturated carbocycles. The highest BCUT2D eigenvalue weighted by molar-refractivity contribution is 7.19. The highest BCUT2D eigenvalue weighted by Crippen LogP contribution is 2.37. The summed E-state index contributed by atoms with van der Waals surface area (Å²) in [5.41, 5.74) is 3.27. The summed E-state index contributed by atoms with van der Waals surface area (Å²) in [5.74, 6) is 1.87. The van der Waals surface area contributed by atoms with Crippen molar-refractivity contribution in [3.8, 4) is 11.4 Å². The van der Waals surface area contributed by atoms with Crippen LogP contribution in [0.15, 0.2) is 36.5 Å². The second-order valence-corrected chi connectivity index (χ2v) is 10.3. The molecule has 3 aromatic heterocycles. The number of hydrogen-bond donors (Lipinski definition) is 1. The van der Waals surface area contributed by atoms with E-state index in [4.69, 9.17) is 14.7 Å². The van der Waals surface area contributed by atoms with Gasteiger partial charge in [0.1, 0.15) is 0 Å². The highest BCUT2D eigenvalue weighted by Gasteiger charge is 2.24. The molecule has 2 saturated heterocycles. The molecule has 2 fully saturated rings. The van der Waals surface area contributed by atoms with E-state index in [1.807, 2.05) is 17.5 Å². The predicted molar refractivity (Wildman–Crippen MR) is 136 cm³/mol. The zero-order valence-electron chi connectivity index (χ0n) is 19.2. The van der Waals surface area contributed by atoms with Gasteiger partial charge in [-0.05, 0) is 44.0 Å². The van der Waals surface area contributed by atoms with Crippen LogP contribution in [0.5, 0.6) is 0 Å². The third-order valence-electron chi connectivity index (χ3n) is 7.13. The zero-order valence-corrected chi connectivity index (χ0v) is 20.0. The van der Waals surface area contributed by atoms with Crippen LogP contribution in [0.25, 0.3) is 32.5 Å². The van der Waals surface area contributed by atoms with E-state index in [2.05, 4.69) is 52.0 Å². The number of fused-ring (bicyclic) bond motifs is 2. The van der Waals surface area contributed by atoms with Crippen LogP contribution in [-0.2, 0) is 11.3 Å². The minimum absolute atomic E-state index is 0.704. The van der Waals surface area contributed by atoms with E-state index in [0.29, 0.717) is 6.04 Å². The van der Waals surface area contributed by atoms with Crippen LogP contribution >= 0.6 is 11.3 Å². The summed E-state index contributed by atoms with van der Waals surface area (Å²) in [6.07, 6.45) is 7.22. The van der Waals surface area contributed by atoms with Crippen LogP contribution in [-0.4, -0.2) is 58.7 Å². The second-order valence-electron chi connectivity index (χ2n) is 9.17. The maximum atomic E-state index is 5.63. The van der Waals surface area contributed by atoms with E-state index >= 15 is 0 Å². The molecule has 0 bridgehead atoms. The number of hydrogen-bond acceptors (Lipinski definition) is 6. The molecule has 0 spiro atoms. The number of morpholine rings is 1. The number of rotatable bonds is 5. The molecule has 7 heteroatoms. The van der Waals surface area contributed by atoms with Gasteiger partial charge in [0.25, 0.3) is 0 Å². The molecule has 1 aromatic carbocycles. The number of nitrogens with zero attached hydrogens (tertiary/aromatic N) is 4. The lowest BCUT2D eigenvalue weighted by atomic mass is 10.00. The van der Waals surface area contributed by atoms with Gasteiger partial charge in [-0.25, -0.2) is 9.97 Å². The Bertz CT molecular complexity index is 1260. The summed E-state index contributed by atoms with van der Waals surface area (Å²) in [6.45, 7) is 7.79. The lowest BCUT2D eigenvalue weighted by molar-refractivity contribution is 0.122. The Morgan fingerprint density at radius 2 is 2.03 bits per heavy atom. The molecule has 2 aliphatic heterocycles. The average molecular weight is 462 g/mol. The molecule has 1 atom stereocenters. The van der Waals surface area contributed by atoms with Crippen LogP contribution in [0.2, 0.25) is 0 Å². The number of piperidine rings is 1. The quantitative estimate of drug-likeness (QED) is 0.429. The summed E-state index contributed by atoms with van der Waals surface area (Å²) in [7, 11) is 0. The fraction of sp³-hybridized carbons (Fsp3) is 0.462. The number of aromatic nitrogens is 3. The Morgan fingerprint density at radius 1 is 1.12 bits per heavy atom. The van der Waals surface area contributed by atoms with Crippen molar-refractivity contribution < 1.29 is 4.74 Å². The van der Waals surface area contributed by atoms with E-state index < -0.39 is 0 Å². The number of thiophene rings is 1. The molecule has 5 heterocycles. The van der Waals surface area contributed by atoms with E-state index in [1.165, 1.54) is 47.2 Å². The van der Waals surface area contributed by atoms with Crippen LogP contribution in [0.1, 0.15) is 37.5 Å². The Labute approximate surface area is 198 Å². The van der Waals surface area contributed by atoms with E-state index in [1.54, 1.807) is 0 Å². The van der Waals surface area contributed by atoms with Crippen molar-refractivity contribution in [3.05, 3.63) is 41.4 Å². The maximum Gasteiger partial charge on any atom is 0.162 e. The number of anilines is 1. The van der Waals surface area contributed by atoms with E-state index in [9.17, 15) is 0 Å². The highest BCUT2D eigenvalue weighted by atomic mass is 32.1. The number of aromatic amines is 1. The molecule has 4 aromatic rings. The van der Waals surface area contributed by atoms with Crippen molar-refractivity contribution in [2.75, 3.05) is 37.7 Å². The van der Waals surface area contributed by atoms with Gasteiger partial charge in [-0.2, -0.15) is 0 Å². The minimum Gasteiger partial charge on any atom is -0.378 e. The van der Waals surface area contributed by atoms with Gasteiger partial charge in [0.15, 0.2) is 11.6 Å². The van der Waals surface area contributed by atoms with E-state index in [0.717, 1.165) is 61.1 Å². The number of H-pyrrole nitrogens is 1. The van der Waals surface area contributed by atoms with E-state index in [-0.39, 0.29) is 0 Å². The molecule has 2 aliphatic rings. The lowest BCUT2D eigenvalue weighted by Gasteiger charge is -2.34. The number of ether oxygens (including phenoxy) is 1. The molecule has 0 amide bonds. The van der Waals surface area contributed by atoms with Crippen molar-refractivity contribution >= 4 is 38.3 Å². The molecule has 33 heavy (non-hydrogen) atoms. The first-order chi connectivity index (χ1) is 16.3. The van der Waals surface area contributed by atoms with Crippen molar-refractivity contribution in [3.63, 3.8) is 0 Å². The SMILES string of the molecule is CCC1CCCCN1Cc1cc2nc(-c3cccc4[nH]ccc34)nc(N3CCOCC3)c2s1. The Hall–Kier alpha value is -2.48. The van der Waals surface area contributed by atoms with Gasteiger partial charge in [0.05, 0.1) is 23.4 Å². The standard InChI is InChI=1S/C26H31N5OS/c1-2-18-6-3-4-11-31(18)17-19-16-23-24(33-19)26(30-12-14-32-15-13-30)29-25(28-23)21-7-5-8-22-20(21)9-10-27-22/h5,7-10,16,18,27H,2-4,6,11-15,17H2,1H3. The monoisotopic (exact) mass is 461 g/mol. The van der Waals surface area contributed by atoms with Crippen molar-refractivity contribution in [2.24, 2.45) is 0 Å². The molecule has 0 radical (unpaired) electrons. The smallest absolute Gasteiger partial charge is 0.162 e. The summed E-state index contributed by atoms with van der Waals surface area (Å²) in [6, 6.07) is 11.5. The Morgan fingerprint density at radius 3 is 2.91 bits per heavy atom. The third kappa shape index (κ3) is 4.03. The first kappa shape index (κ1) is 21.1. The first-order valence-corrected chi connectivity index (χ1v) is 13.1. The second kappa shape index (κ2) is 9.05. The third-order valence-corrected chi connectivity index (χ3v) is 8.24. The first-order valence-electron chi connectivity index (χ1n) is 12.2. The van der Waals surface area contributed by atoms with Crippen LogP contribution in [0.4, 0.5) is 5.82 Å². The summed E-state index contributed by atoms with van der Waals surface area (Å²) in [4.78, 5) is 20.0. The minimum atomic E-state index is 0.704. The topological polar surface area (TPSA) is 57.3 Å². The van der Waals surface area contributed by atoms with Crippen LogP contribution in [0.3, 0.4) is 0 Å². The van der Waals surface area contributed by atoms with Gasteiger partial charge in [0.2, 0.25) is 0 Å². The summed E-state index contributed by atoms with van der Waals surface area (Å²) in [5, 5.41) is 1.17. The van der Waals surface area contributed by atoms with Gasteiger partial charge >= 0.3 is 0 Å². The zero-order chi connectivity index (χ0) is 22.2. The molecule has 6 nitrogen and oxygen atoms in total. The largest absolute Gasteiger partial charge is 0.378 e. The molecule has 1 N–H and O–H groups in total. The Kier molecular flexibility index (Phi) is 5.78. The van der Waals surface area contributed by atoms with Crippen molar-refractivity contribution in [1.29, 1.82) is 0 Å². The maximum absolute atomic E-state index is 5.63. The molecular weight excluding hydrogens is 430 g/mol. The number of nitrogens with one attached hydrogen (secondary N) is 1. The average Bonchev–Trinajstić information content (AvgIpc) is 3.51. The number of likely N-dealkylation sites (tertiary alicyclic amines) is 1. The van der Waals surface area contributed by atoms with Gasteiger partial charge in [-0.1, -0.05) is 25.5 Å². The fourth-order valence-corrected chi connectivity index (χ4v) is 6.50. The van der Waals surface area contributed by atoms with Crippen LogP contribution in [0, 0.1) is 0 Å². The van der Waals surface area contributed by atoms with Gasteiger partial charge in [-0.15, -0.1) is 11.3 Å². The summed E-state index contributed by atoms with van der Waals surface area (Å²) >= 11 is 1.88. The van der Waals surface area contributed by atoms with Crippen molar-refractivity contribution in [2.45, 2.75) is 45.2 Å². The van der Waals surface area contributed by atoms with Crippen molar-refractivity contribution in [1.82, 2.24) is 19.9 Å². The van der Waals surface area contributed by atoms with Crippen LogP contribution < -0.4 is 4.90 Å². The Balaban J connectivity index is 1.44. The molecule has 1 unspecified atom stereocenters. The molecule has 6 rings (SSSR count).